The number of benzene rings is 3. The van der Waals surface area contributed by atoms with Gasteiger partial charge in [-0.2, -0.15) is 0 Å². The number of esters is 3. The molecule has 0 aliphatic heterocycles. The molecule has 0 N–H and O–H groups in total. The monoisotopic (exact) mass is 632 g/mol. The van der Waals surface area contributed by atoms with Crippen LogP contribution in [0.1, 0.15) is 40.2 Å². The Labute approximate surface area is 260 Å². The van der Waals surface area contributed by atoms with Crippen LogP contribution in [0.5, 0.6) is 17.2 Å². The molecule has 0 saturated carbocycles. The molecule has 0 aliphatic carbocycles. The van der Waals surface area contributed by atoms with Crippen LogP contribution in [0.4, 0.5) is 0 Å². The summed E-state index contributed by atoms with van der Waals surface area (Å²) >= 11 is 11.9. The van der Waals surface area contributed by atoms with Gasteiger partial charge in [0.2, 0.25) is 0 Å². The van der Waals surface area contributed by atoms with Crippen LogP contribution in [0.15, 0.2) is 72.8 Å². The van der Waals surface area contributed by atoms with Crippen LogP contribution in [0.2, 0.25) is 10.0 Å². The van der Waals surface area contributed by atoms with Gasteiger partial charge in [-0.05, 0) is 82.3 Å². The molecule has 11 heteroatoms. The average Bonchev–Trinajstić information content (AvgIpc) is 2.94. The molecule has 3 aromatic rings. The Kier molecular flexibility index (Phi) is 11.8. The molecule has 9 nitrogen and oxygen atoms in total. The van der Waals surface area contributed by atoms with Gasteiger partial charge in [-0.15, -0.1) is 0 Å². The van der Waals surface area contributed by atoms with Crippen LogP contribution in [0.3, 0.4) is 0 Å². The largest absolute Gasteiger partial charge is 0.476 e. The van der Waals surface area contributed by atoms with E-state index in [-0.39, 0.29) is 19.8 Å². The molecule has 0 heterocycles. The maximum absolute atomic E-state index is 13.2. The first-order valence-electron chi connectivity index (χ1n) is 13.4. The van der Waals surface area contributed by atoms with E-state index < -0.39 is 35.2 Å². The van der Waals surface area contributed by atoms with E-state index in [1.807, 2.05) is 0 Å². The Morgan fingerprint density at radius 3 is 1.77 bits per heavy atom. The van der Waals surface area contributed by atoms with Crippen LogP contribution in [0.25, 0.3) is 0 Å². The fourth-order valence-electron chi connectivity index (χ4n) is 3.61. The summed E-state index contributed by atoms with van der Waals surface area (Å²) in [5, 5.41) is 1.04. The molecule has 0 bridgehead atoms. The molecular weight excluding hydrogens is 599 g/mol. The van der Waals surface area contributed by atoms with Crippen LogP contribution in [0, 0.1) is 0 Å². The van der Waals surface area contributed by atoms with Crippen molar-refractivity contribution < 1.29 is 42.8 Å². The Bertz CT molecular complexity index is 1390. The Morgan fingerprint density at radius 1 is 0.721 bits per heavy atom. The second-order valence-electron chi connectivity index (χ2n) is 10.5. The predicted molar refractivity (Wildman–Crippen MR) is 161 cm³/mol. The molecule has 0 spiro atoms. The van der Waals surface area contributed by atoms with Gasteiger partial charge >= 0.3 is 17.9 Å². The molecule has 43 heavy (non-hydrogen) atoms. The molecule has 3 aromatic carbocycles. The summed E-state index contributed by atoms with van der Waals surface area (Å²) in [5.74, 6) is -0.713. The van der Waals surface area contributed by atoms with Crippen LogP contribution >= 0.6 is 23.2 Å². The highest BCUT2D eigenvalue weighted by Gasteiger charge is 2.36. The van der Waals surface area contributed by atoms with Crippen LogP contribution in [-0.2, 0) is 35.2 Å². The summed E-state index contributed by atoms with van der Waals surface area (Å²) < 4.78 is 33.9. The standard InChI is InChI=1S/C32H34Cl2O9/c1-21(35)40-28-9-7-6-8-22(28)18-38-19-27(41-30(37)32(4,5)43-26-16-12-24(34)13-17-26)20-39-29(36)31(2,3)42-25-14-10-23(33)11-15-25/h6-17,27H,18-20H2,1-5H3. The molecule has 0 saturated heterocycles. The molecule has 0 aromatic heterocycles. The maximum Gasteiger partial charge on any atom is 0.350 e. The summed E-state index contributed by atoms with van der Waals surface area (Å²) in [4.78, 5) is 37.7. The van der Waals surface area contributed by atoms with E-state index in [4.69, 9.17) is 51.6 Å². The normalized spacial score (nSPS) is 12.2. The second-order valence-corrected chi connectivity index (χ2v) is 11.3. The molecule has 0 radical (unpaired) electrons. The molecule has 1 atom stereocenters. The lowest BCUT2D eigenvalue weighted by Crippen LogP contribution is -2.45. The van der Waals surface area contributed by atoms with E-state index in [2.05, 4.69) is 0 Å². The third kappa shape index (κ3) is 10.8. The van der Waals surface area contributed by atoms with Crippen molar-refractivity contribution in [3.05, 3.63) is 88.4 Å². The Hall–Kier alpha value is -3.79. The highest BCUT2D eigenvalue weighted by atomic mass is 35.5. The number of halogens is 2. The van der Waals surface area contributed by atoms with Crippen molar-refractivity contribution in [3.8, 4) is 17.2 Å². The van der Waals surface area contributed by atoms with Crippen molar-refractivity contribution in [1.82, 2.24) is 0 Å². The van der Waals surface area contributed by atoms with E-state index >= 15 is 0 Å². The summed E-state index contributed by atoms with van der Waals surface area (Å²) in [6.45, 7) is 7.05. The van der Waals surface area contributed by atoms with Gasteiger partial charge in [0.15, 0.2) is 17.3 Å². The van der Waals surface area contributed by atoms with Crippen molar-refractivity contribution >= 4 is 41.1 Å². The van der Waals surface area contributed by atoms with Gasteiger partial charge in [0.1, 0.15) is 23.9 Å². The van der Waals surface area contributed by atoms with E-state index in [9.17, 15) is 14.4 Å². The zero-order valence-electron chi connectivity index (χ0n) is 24.6. The maximum atomic E-state index is 13.2. The molecular formula is C32H34Cl2O9. The summed E-state index contributed by atoms with van der Waals surface area (Å²) in [7, 11) is 0. The first kappa shape index (κ1) is 33.7. The minimum Gasteiger partial charge on any atom is -0.476 e. The van der Waals surface area contributed by atoms with E-state index in [1.165, 1.54) is 6.92 Å². The van der Waals surface area contributed by atoms with Crippen molar-refractivity contribution in [3.63, 3.8) is 0 Å². The Morgan fingerprint density at radius 2 is 1.23 bits per heavy atom. The van der Waals surface area contributed by atoms with Gasteiger partial charge in [0.25, 0.3) is 0 Å². The zero-order chi connectivity index (χ0) is 31.6. The first-order valence-corrected chi connectivity index (χ1v) is 14.1. The van der Waals surface area contributed by atoms with Crippen LogP contribution in [-0.4, -0.2) is 48.4 Å². The van der Waals surface area contributed by atoms with Gasteiger partial charge in [-0.25, -0.2) is 9.59 Å². The third-order valence-corrected chi connectivity index (χ3v) is 6.32. The van der Waals surface area contributed by atoms with E-state index in [0.29, 0.717) is 32.9 Å². The second kappa shape index (κ2) is 15.1. The smallest absolute Gasteiger partial charge is 0.350 e. The fraction of sp³-hybridized carbons (Fsp3) is 0.344. The molecule has 3 rings (SSSR count). The SMILES string of the molecule is CC(=O)Oc1ccccc1COCC(COC(=O)C(C)(C)Oc1ccc(Cl)cc1)OC(=O)C(C)(C)Oc1ccc(Cl)cc1. The van der Waals surface area contributed by atoms with Gasteiger partial charge < -0.3 is 28.4 Å². The number of hydrogen-bond donors (Lipinski definition) is 0. The average molecular weight is 634 g/mol. The van der Waals surface area contributed by atoms with Gasteiger partial charge in [-0.1, -0.05) is 41.4 Å². The molecule has 0 aliphatic rings. The lowest BCUT2D eigenvalue weighted by Gasteiger charge is -2.28. The number of ether oxygens (including phenoxy) is 6. The minimum absolute atomic E-state index is 0.0291. The number of rotatable bonds is 14. The van der Waals surface area contributed by atoms with Crippen LogP contribution < -0.4 is 14.2 Å². The number of carbonyl (C=O) groups excluding carboxylic acids is 3. The summed E-state index contributed by atoms with van der Waals surface area (Å²) in [6, 6.07) is 19.9. The van der Waals surface area contributed by atoms with Crippen molar-refractivity contribution in [2.75, 3.05) is 13.2 Å². The fourth-order valence-corrected chi connectivity index (χ4v) is 3.86. The molecule has 0 fully saturated rings. The summed E-state index contributed by atoms with van der Waals surface area (Å²) in [5.41, 5.74) is -2.18. The van der Waals surface area contributed by atoms with Crippen molar-refractivity contribution in [1.29, 1.82) is 0 Å². The predicted octanol–water partition coefficient (Wildman–Crippen LogP) is 6.61. The van der Waals surface area contributed by atoms with Gasteiger partial charge in [0.05, 0.1) is 13.2 Å². The third-order valence-electron chi connectivity index (χ3n) is 5.82. The van der Waals surface area contributed by atoms with Gasteiger partial charge in [0, 0.05) is 22.5 Å². The van der Waals surface area contributed by atoms with E-state index in [1.54, 1.807) is 100 Å². The first-order chi connectivity index (χ1) is 20.2. The lowest BCUT2D eigenvalue weighted by molar-refractivity contribution is -0.178. The van der Waals surface area contributed by atoms with Gasteiger partial charge in [-0.3, -0.25) is 4.79 Å². The van der Waals surface area contributed by atoms with Crippen molar-refractivity contribution in [2.24, 2.45) is 0 Å². The number of para-hydroxylation sites is 1. The topological polar surface area (TPSA) is 107 Å². The molecule has 1 unspecified atom stereocenters. The van der Waals surface area contributed by atoms with Crippen molar-refractivity contribution in [2.45, 2.75) is 58.5 Å². The number of carbonyl (C=O) groups is 3. The summed E-state index contributed by atoms with van der Waals surface area (Å²) in [6.07, 6.45) is -1.02. The quantitative estimate of drug-likeness (QED) is 0.143. The molecule has 0 amide bonds. The highest BCUT2D eigenvalue weighted by Crippen LogP contribution is 2.24. The minimum atomic E-state index is -1.41. The van der Waals surface area contributed by atoms with E-state index in [0.717, 1.165) is 0 Å². The Balaban J connectivity index is 1.69. The zero-order valence-corrected chi connectivity index (χ0v) is 26.1. The highest BCUT2D eigenvalue weighted by molar-refractivity contribution is 6.30. The lowest BCUT2D eigenvalue weighted by atomic mass is 10.1. The number of hydrogen-bond acceptors (Lipinski definition) is 9. The molecule has 230 valence electrons.